The molecule has 13 rings (SSSR count). The Labute approximate surface area is 382 Å². The lowest BCUT2D eigenvalue weighted by Gasteiger charge is -2.26. The Morgan fingerprint density at radius 1 is 0.424 bits per heavy atom. The van der Waals surface area contributed by atoms with Gasteiger partial charge in [-0.05, 0) is 87.2 Å². The average molecular weight is 864 g/mol. The third-order valence-corrected chi connectivity index (χ3v) is 17.0. The number of anilines is 3. The number of rotatable bonds is 7. The molecule has 12 aromatic rings. The van der Waals surface area contributed by atoms with E-state index in [0.717, 1.165) is 77.5 Å². The molecule has 7 heteroatoms. The number of fused-ring (bicyclic) bond motifs is 9. The molecule has 0 radical (unpaired) electrons. The van der Waals surface area contributed by atoms with Gasteiger partial charge in [0.15, 0.2) is 17.2 Å². The van der Waals surface area contributed by atoms with Crippen LogP contribution in [0.4, 0.5) is 17.1 Å². The maximum Gasteiger partial charge on any atom is 0.238 e. The van der Waals surface area contributed by atoms with E-state index >= 15 is 0 Å². The van der Waals surface area contributed by atoms with Crippen molar-refractivity contribution in [2.75, 3.05) is 4.90 Å². The van der Waals surface area contributed by atoms with E-state index in [4.69, 9.17) is 19.4 Å². The van der Waals surface area contributed by atoms with Gasteiger partial charge in [-0.3, -0.25) is 4.57 Å². The Kier molecular flexibility index (Phi) is 8.57. The highest BCUT2D eigenvalue weighted by molar-refractivity contribution is 7.04. The summed E-state index contributed by atoms with van der Waals surface area (Å²) in [6, 6.07) is 75.2. The summed E-state index contributed by atoms with van der Waals surface area (Å²) >= 11 is 0. The van der Waals surface area contributed by atoms with Crippen molar-refractivity contribution in [3.63, 3.8) is 0 Å². The van der Waals surface area contributed by atoms with Crippen molar-refractivity contribution in [1.82, 2.24) is 19.5 Å². The lowest BCUT2D eigenvalue weighted by molar-refractivity contribution is 0.669. The number of furan rings is 1. The second-order valence-corrected chi connectivity index (χ2v) is 22.0. The van der Waals surface area contributed by atoms with Crippen molar-refractivity contribution in [3.8, 4) is 51.0 Å². The van der Waals surface area contributed by atoms with Crippen LogP contribution in [0.2, 0.25) is 13.1 Å². The summed E-state index contributed by atoms with van der Waals surface area (Å²) in [5.74, 6) is 1.82. The summed E-state index contributed by atoms with van der Waals surface area (Å²) < 4.78 is 9.02. The molecule has 0 atom stereocenters. The summed E-state index contributed by atoms with van der Waals surface area (Å²) in [6.07, 6.45) is 0. The first-order valence-corrected chi connectivity index (χ1v) is 25.4. The summed E-state index contributed by atoms with van der Waals surface area (Å²) in [7, 11) is -2.07. The van der Waals surface area contributed by atoms with Gasteiger partial charge in [0.05, 0.1) is 16.7 Å². The Hall–Kier alpha value is -8.39. The van der Waals surface area contributed by atoms with Gasteiger partial charge in [0.1, 0.15) is 13.7 Å². The van der Waals surface area contributed by atoms with E-state index in [0.29, 0.717) is 17.6 Å². The Morgan fingerprint density at radius 2 is 1.02 bits per heavy atom. The molecule has 0 aliphatic carbocycles. The zero-order valence-electron chi connectivity index (χ0n) is 36.4. The summed E-state index contributed by atoms with van der Waals surface area (Å²) in [4.78, 5) is 18.0. The molecule has 312 valence electrons. The van der Waals surface area contributed by atoms with E-state index in [2.05, 4.69) is 186 Å². The third kappa shape index (κ3) is 5.97. The van der Waals surface area contributed by atoms with Gasteiger partial charge in [0.25, 0.3) is 0 Å². The fourth-order valence-corrected chi connectivity index (χ4v) is 13.3. The predicted molar refractivity (Wildman–Crippen MR) is 275 cm³/mol. The molecule has 3 aromatic heterocycles. The molecule has 0 N–H and O–H groups in total. The highest BCUT2D eigenvalue weighted by Crippen LogP contribution is 2.45. The van der Waals surface area contributed by atoms with Crippen LogP contribution >= 0.6 is 0 Å². The topological polar surface area (TPSA) is 60.0 Å². The Morgan fingerprint density at radius 3 is 1.74 bits per heavy atom. The molecule has 66 heavy (non-hydrogen) atoms. The molecule has 0 saturated carbocycles. The van der Waals surface area contributed by atoms with Crippen LogP contribution in [-0.4, -0.2) is 27.6 Å². The number of para-hydroxylation sites is 2. The Bertz CT molecular complexity index is 3780. The van der Waals surface area contributed by atoms with E-state index in [1.165, 1.54) is 27.1 Å². The molecular formula is C59H41N5OSi. The number of nitrogens with zero attached hydrogens (tertiary/aromatic N) is 5. The van der Waals surface area contributed by atoms with Gasteiger partial charge in [0, 0.05) is 44.0 Å². The summed E-state index contributed by atoms with van der Waals surface area (Å²) in [5, 5.41) is 7.28. The largest absolute Gasteiger partial charge is 0.454 e. The van der Waals surface area contributed by atoms with Crippen LogP contribution in [0.3, 0.4) is 0 Å². The first kappa shape index (κ1) is 38.1. The van der Waals surface area contributed by atoms with Crippen molar-refractivity contribution < 1.29 is 4.42 Å². The molecule has 0 fully saturated rings. The van der Waals surface area contributed by atoms with Gasteiger partial charge >= 0.3 is 0 Å². The van der Waals surface area contributed by atoms with Gasteiger partial charge < -0.3 is 9.32 Å². The minimum Gasteiger partial charge on any atom is -0.454 e. The van der Waals surface area contributed by atoms with Gasteiger partial charge in [-0.2, -0.15) is 9.97 Å². The smallest absolute Gasteiger partial charge is 0.238 e. The van der Waals surface area contributed by atoms with Crippen molar-refractivity contribution in [2.45, 2.75) is 13.1 Å². The van der Waals surface area contributed by atoms with Gasteiger partial charge in [-0.1, -0.05) is 171 Å². The molecule has 0 bridgehead atoms. The average Bonchev–Trinajstić information content (AvgIpc) is 3.99. The molecule has 6 nitrogen and oxygen atoms in total. The summed E-state index contributed by atoms with van der Waals surface area (Å²) in [6.45, 7) is 4.94. The van der Waals surface area contributed by atoms with Gasteiger partial charge in [0.2, 0.25) is 5.95 Å². The van der Waals surface area contributed by atoms with Crippen molar-refractivity contribution in [2.24, 2.45) is 0 Å². The van der Waals surface area contributed by atoms with Crippen LogP contribution in [0.5, 0.6) is 0 Å². The maximum absolute atomic E-state index is 6.75. The molecule has 1 aliphatic rings. The molecule has 9 aromatic carbocycles. The molecular weight excluding hydrogens is 823 g/mol. The van der Waals surface area contributed by atoms with Crippen molar-refractivity contribution in [3.05, 3.63) is 212 Å². The van der Waals surface area contributed by atoms with E-state index in [1.54, 1.807) is 0 Å². The summed E-state index contributed by atoms with van der Waals surface area (Å²) in [5.41, 5.74) is 13.6. The van der Waals surface area contributed by atoms with Crippen LogP contribution in [0, 0.1) is 0 Å². The number of hydrogen-bond acceptors (Lipinski definition) is 5. The van der Waals surface area contributed by atoms with E-state index in [1.807, 2.05) is 48.5 Å². The second kappa shape index (κ2) is 14.8. The fraction of sp³-hybridized carbons (Fsp3) is 0.0339. The normalized spacial score (nSPS) is 12.8. The number of aromatic nitrogens is 4. The molecule has 1 aliphatic heterocycles. The third-order valence-electron chi connectivity index (χ3n) is 13.5. The van der Waals surface area contributed by atoms with Crippen LogP contribution in [0.15, 0.2) is 217 Å². The number of benzene rings is 9. The van der Waals surface area contributed by atoms with Crippen molar-refractivity contribution in [1.29, 1.82) is 0 Å². The second-order valence-electron chi connectivity index (χ2n) is 17.6. The van der Waals surface area contributed by atoms with Crippen LogP contribution < -0.4 is 15.3 Å². The standard InChI is InChI=1S/C59H41N5OSi/c1-66(2)54-28-15-13-24-45(54)49-36-48-47-35-43(63(42-31-29-39(30-32-42)38-17-6-3-7-18-38)51-26-16-25-46-44-23-12-14-27-53(44)65-56(46)51)33-34-50(47)64(52(48)37-55(49)66)59-61-57(40-19-8-4-9-20-40)60-58(62-59)41-21-10-5-11-22-41/h3-37H,1-2H3. The monoisotopic (exact) mass is 863 g/mol. The molecule has 4 heterocycles. The zero-order chi connectivity index (χ0) is 43.9. The maximum atomic E-state index is 6.75. The highest BCUT2D eigenvalue weighted by Gasteiger charge is 2.38. The van der Waals surface area contributed by atoms with Gasteiger partial charge in [-0.25, -0.2) is 4.98 Å². The van der Waals surface area contributed by atoms with Crippen LogP contribution in [-0.2, 0) is 0 Å². The molecule has 0 saturated heterocycles. The fourth-order valence-electron chi connectivity index (χ4n) is 10.2. The van der Waals surface area contributed by atoms with Crippen molar-refractivity contribution >= 4 is 79.3 Å². The molecule has 0 unspecified atom stereocenters. The quantitative estimate of drug-likeness (QED) is 0.149. The first-order valence-electron chi connectivity index (χ1n) is 22.4. The zero-order valence-corrected chi connectivity index (χ0v) is 37.4. The van der Waals surface area contributed by atoms with Crippen LogP contribution in [0.1, 0.15) is 0 Å². The minimum atomic E-state index is -2.07. The van der Waals surface area contributed by atoms with E-state index < -0.39 is 8.07 Å². The van der Waals surface area contributed by atoms with E-state index in [-0.39, 0.29) is 0 Å². The SMILES string of the molecule is C[Si]1(C)c2ccccc2-c2cc3c4cc(N(c5ccc(-c6ccccc6)cc5)c5cccc6c5oc5ccccc56)ccc4n(-c4nc(-c5ccccc5)nc(-c5ccccc5)n4)c3cc21. The molecule has 0 spiro atoms. The Balaban J connectivity index is 1.09. The predicted octanol–water partition coefficient (Wildman–Crippen LogP) is 14.1. The molecule has 0 amide bonds. The first-order chi connectivity index (χ1) is 32.5. The highest BCUT2D eigenvalue weighted by atomic mass is 28.3. The lowest BCUT2D eigenvalue weighted by atomic mass is 10.0. The minimum absolute atomic E-state index is 0.575. The van der Waals surface area contributed by atoms with Crippen LogP contribution in [0.25, 0.3) is 94.7 Å². The van der Waals surface area contributed by atoms with E-state index in [9.17, 15) is 0 Å². The number of hydrogen-bond donors (Lipinski definition) is 0. The van der Waals surface area contributed by atoms with Gasteiger partial charge in [-0.15, -0.1) is 0 Å². The lowest BCUT2D eigenvalue weighted by Crippen LogP contribution is -2.49.